The van der Waals surface area contributed by atoms with E-state index in [0.717, 1.165) is 29.3 Å². The molecule has 16 heteroatoms. The molecule has 10 rings (SSSR count). The molecule has 4 atom stereocenters. The van der Waals surface area contributed by atoms with E-state index in [-0.39, 0.29) is 21.5 Å². The van der Waals surface area contributed by atoms with Gasteiger partial charge in [0, 0.05) is 35.0 Å². The number of benzene rings is 4. The molecule has 0 aliphatic heterocycles. The average Bonchev–Trinajstić information content (AvgIpc) is 3.83. The topological polar surface area (TPSA) is 163 Å². The Balaban J connectivity index is 0.000000151. The van der Waals surface area contributed by atoms with Gasteiger partial charge in [0.25, 0.3) is 0 Å². The van der Waals surface area contributed by atoms with Crippen LogP contribution < -0.4 is 25.8 Å². The normalized spacial score (nSPS) is 22.4. The minimum Gasteiger partial charge on any atom is -0.491 e. The maximum Gasteiger partial charge on any atom is 0.311 e. The number of nitrogens with one attached hydrogen (secondary N) is 2. The van der Waals surface area contributed by atoms with E-state index in [4.69, 9.17) is 38.4 Å². The molecule has 298 valence electrons. The number of fused-ring (bicyclic) bond motifs is 4. The van der Waals surface area contributed by atoms with Crippen LogP contribution in [0.15, 0.2) is 73.3 Å². The molecule has 0 amide bonds. The number of nitrogen functional groups attached to an aromatic ring is 1. The molecule has 58 heavy (non-hydrogen) atoms. The van der Waals surface area contributed by atoms with E-state index in [0.29, 0.717) is 75.6 Å². The van der Waals surface area contributed by atoms with Gasteiger partial charge in [-0.1, -0.05) is 36.0 Å². The fourth-order valence-corrected chi connectivity index (χ4v) is 9.34. The average molecular weight is 828 g/mol. The van der Waals surface area contributed by atoms with Gasteiger partial charge >= 0.3 is 5.69 Å². The largest absolute Gasteiger partial charge is 0.491 e. The molecule has 0 bridgehead atoms. The van der Waals surface area contributed by atoms with E-state index in [1.807, 2.05) is 12.1 Å². The van der Waals surface area contributed by atoms with Crippen LogP contribution in [0.25, 0.3) is 21.8 Å². The lowest BCUT2D eigenvalue weighted by Crippen LogP contribution is -2.06. The lowest BCUT2D eigenvalue weighted by Gasteiger charge is -2.13. The van der Waals surface area contributed by atoms with Crippen molar-refractivity contribution in [2.24, 2.45) is 35.5 Å². The van der Waals surface area contributed by atoms with Crippen LogP contribution in [0.4, 0.5) is 43.2 Å². The van der Waals surface area contributed by atoms with Gasteiger partial charge in [-0.2, -0.15) is 0 Å². The lowest BCUT2D eigenvalue weighted by molar-refractivity contribution is -0.385. The maximum atomic E-state index is 13.4. The van der Waals surface area contributed by atoms with Crippen molar-refractivity contribution in [1.82, 2.24) is 19.9 Å². The van der Waals surface area contributed by atoms with Gasteiger partial charge < -0.3 is 25.8 Å². The Bertz CT molecular complexity index is 2550. The van der Waals surface area contributed by atoms with E-state index in [2.05, 4.69) is 30.6 Å². The number of nitro benzene ring substituents is 1. The number of nitrogens with zero attached hydrogens (tertiary/aromatic N) is 5. The van der Waals surface area contributed by atoms with Crippen LogP contribution in [0.2, 0.25) is 10.0 Å². The van der Waals surface area contributed by atoms with E-state index in [1.54, 1.807) is 12.1 Å². The van der Waals surface area contributed by atoms with Crippen LogP contribution in [0.5, 0.6) is 11.5 Å². The molecule has 4 N–H and O–H groups in total. The highest BCUT2D eigenvalue weighted by molar-refractivity contribution is 6.31. The van der Waals surface area contributed by atoms with E-state index in [9.17, 15) is 18.9 Å². The molecular formula is C42H38Cl2F2N8O4. The van der Waals surface area contributed by atoms with Gasteiger partial charge in [0.2, 0.25) is 0 Å². The lowest BCUT2D eigenvalue weighted by atomic mass is 10.1. The Kier molecular flexibility index (Phi) is 10.2. The summed E-state index contributed by atoms with van der Waals surface area (Å²) in [4.78, 5) is 28.3. The molecule has 4 fully saturated rings. The summed E-state index contributed by atoms with van der Waals surface area (Å²) in [6.07, 6.45) is 10.6. The Morgan fingerprint density at radius 3 is 1.64 bits per heavy atom. The second-order valence-electron chi connectivity index (χ2n) is 15.4. The Hall–Kier alpha value is -5.60. The Morgan fingerprint density at radius 2 is 1.16 bits per heavy atom. The fourth-order valence-electron chi connectivity index (χ4n) is 8.98. The highest BCUT2D eigenvalue weighted by Crippen LogP contribution is 2.58. The molecule has 2 heterocycles. The SMILES string of the molecule is Nc1cc2c(Nc3ccc(F)c(Cl)c3)ncnc2cc1OCC1C2CCCC21.O=[N+]([O-])c1cc2c(Nc3ccc(F)c(Cl)c3)ncnc2cc1OCC1C2CCCC21. The number of hydrogen-bond acceptors (Lipinski definition) is 11. The number of rotatable bonds is 11. The zero-order valence-corrected chi connectivity index (χ0v) is 32.5. The summed E-state index contributed by atoms with van der Waals surface area (Å²) in [6.45, 7) is 1.21. The molecule has 4 aromatic carbocycles. The third-order valence-corrected chi connectivity index (χ3v) is 12.7. The van der Waals surface area contributed by atoms with Gasteiger partial charge in [-0.3, -0.25) is 10.1 Å². The molecule has 2 aromatic heterocycles. The number of hydrogen-bond donors (Lipinski definition) is 3. The van der Waals surface area contributed by atoms with E-state index in [1.165, 1.54) is 87.6 Å². The molecule has 4 aliphatic carbocycles. The molecule has 0 spiro atoms. The third-order valence-electron chi connectivity index (χ3n) is 12.1. The number of nitro groups is 1. The van der Waals surface area contributed by atoms with Gasteiger partial charge in [0.15, 0.2) is 5.75 Å². The molecular weight excluding hydrogens is 789 g/mol. The van der Waals surface area contributed by atoms with Crippen LogP contribution in [-0.4, -0.2) is 38.1 Å². The first-order chi connectivity index (χ1) is 28.1. The van der Waals surface area contributed by atoms with Crippen molar-refractivity contribution >= 4 is 79.4 Å². The number of halogens is 4. The second kappa shape index (κ2) is 15.6. The molecule has 0 radical (unpaired) electrons. The number of anilines is 5. The first-order valence-electron chi connectivity index (χ1n) is 19.3. The highest BCUT2D eigenvalue weighted by Gasteiger charge is 2.53. The van der Waals surface area contributed by atoms with Crippen LogP contribution >= 0.6 is 23.2 Å². The first kappa shape index (κ1) is 37.9. The molecule has 4 unspecified atom stereocenters. The van der Waals surface area contributed by atoms with Crippen LogP contribution in [0.3, 0.4) is 0 Å². The van der Waals surface area contributed by atoms with Crippen molar-refractivity contribution < 1.29 is 23.2 Å². The quantitative estimate of drug-likeness (QED) is 0.0647. The zero-order valence-electron chi connectivity index (χ0n) is 31.0. The summed E-state index contributed by atoms with van der Waals surface area (Å²) in [7, 11) is 0. The van der Waals surface area contributed by atoms with Crippen molar-refractivity contribution in [3.8, 4) is 11.5 Å². The van der Waals surface area contributed by atoms with Gasteiger partial charge in [-0.25, -0.2) is 28.7 Å². The van der Waals surface area contributed by atoms with Crippen LogP contribution in [0, 0.1) is 57.3 Å². The standard InChI is InChI=1S/C21H18ClFN4O3.C21H20ClFN4O/c22-16-6-11(4-5-17(16)23)26-21-14-7-19(27(28)29)20(8-18(14)24-10-25-21)30-9-15-12-2-1-3-13(12)15;22-16-6-11(4-5-17(16)23)27-21-14-7-18(24)20(8-19(14)25-10-26-21)28-9-15-12-2-1-3-13(12)15/h4-8,10,12-13,15H,1-3,9H2,(H,24,25,26);4-8,10,12-13,15H,1-3,9,24H2,(H,25,26,27). The van der Waals surface area contributed by atoms with E-state index >= 15 is 0 Å². The smallest absolute Gasteiger partial charge is 0.311 e. The number of aromatic nitrogens is 4. The molecule has 4 saturated carbocycles. The van der Waals surface area contributed by atoms with Gasteiger partial charge in [0.05, 0.1) is 50.3 Å². The van der Waals surface area contributed by atoms with Crippen LogP contribution in [0.1, 0.15) is 38.5 Å². The molecule has 12 nitrogen and oxygen atoms in total. The van der Waals surface area contributed by atoms with Crippen molar-refractivity contribution in [2.45, 2.75) is 38.5 Å². The van der Waals surface area contributed by atoms with Gasteiger partial charge in [-0.15, -0.1) is 0 Å². The maximum absolute atomic E-state index is 13.4. The summed E-state index contributed by atoms with van der Waals surface area (Å²) in [6, 6.07) is 15.2. The van der Waals surface area contributed by atoms with Gasteiger partial charge in [0.1, 0.15) is 41.7 Å². The third kappa shape index (κ3) is 7.70. The molecule has 6 aromatic rings. The monoisotopic (exact) mass is 826 g/mol. The van der Waals surface area contributed by atoms with Crippen LogP contribution in [-0.2, 0) is 0 Å². The predicted octanol–water partition coefficient (Wildman–Crippen LogP) is 10.7. The summed E-state index contributed by atoms with van der Waals surface area (Å²) in [5.74, 6) is 5.10. The van der Waals surface area contributed by atoms with E-state index < -0.39 is 16.6 Å². The summed E-state index contributed by atoms with van der Waals surface area (Å²) >= 11 is 11.7. The minimum absolute atomic E-state index is 0.0372. The number of nitrogens with two attached hydrogens (primary N) is 1. The summed E-state index contributed by atoms with van der Waals surface area (Å²) in [5.41, 5.74) is 9.02. The van der Waals surface area contributed by atoms with Crippen molar-refractivity contribution in [2.75, 3.05) is 29.6 Å². The number of ether oxygens (including phenoxy) is 2. The van der Waals surface area contributed by atoms with Crippen molar-refractivity contribution in [3.05, 3.63) is 105 Å². The van der Waals surface area contributed by atoms with Crippen molar-refractivity contribution in [1.29, 1.82) is 0 Å². The first-order valence-corrected chi connectivity index (χ1v) is 20.0. The Labute approximate surface area is 341 Å². The molecule has 4 aliphatic rings. The second-order valence-corrected chi connectivity index (χ2v) is 16.2. The van der Waals surface area contributed by atoms with Gasteiger partial charge in [-0.05, 0) is 104 Å². The summed E-state index contributed by atoms with van der Waals surface area (Å²) < 4.78 is 38.7. The highest BCUT2D eigenvalue weighted by atomic mass is 35.5. The molecule has 0 saturated heterocycles. The fraction of sp³-hybridized carbons (Fsp3) is 0.333. The Morgan fingerprint density at radius 1 is 0.690 bits per heavy atom. The minimum atomic E-state index is -0.535. The summed E-state index contributed by atoms with van der Waals surface area (Å²) in [5, 5.41) is 19.1. The zero-order chi connectivity index (χ0) is 40.1. The van der Waals surface area contributed by atoms with Crippen molar-refractivity contribution in [3.63, 3.8) is 0 Å². The predicted molar refractivity (Wildman–Crippen MR) is 219 cm³/mol.